The summed E-state index contributed by atoms with van der Waals surface area (Å²) >= 11 is 1.54. The molecule has 1 aromatic heterocycles. The Bertz CT molecular complexity index is 404. The molecule has 0 aliphatic heterocycles. The Morgan fingerprint density at radius 1 is 1.42 bits per heavy atom. The van der Waals surface area contributed by atoms with E-state index in [1.165, 1.54) is 0 Å². The normalized spacial score (nSPS) is 12.3. The minimum absolute atomic E-state index is 0.388. The predicted octanol–water partition coefficient (Wildman–Crippen LogP) is 2.59. The van der Waals surface area contributed by atoms with E-state index in [2.05, 4.69) is 34.5 Å². The lowest BCUT2D eigenvalue weighted by atomic mass is 10.2. The second-order valence-corrected chi connectivity index (χ2v) is 5.23. The van der Waals surface area contributed by atoms with Crippen molar-refractivity contribution in [3.8, 4) is 0 Å². The molecular formula is C12H20F2N4S. The van der Waals surface area contributed by atoms with Gasteiger partial charge in [-0.05, 0) is 12.8 Å². The second kappa shape index (κ2) is 8.04. The number of nitrogens with zero attached hydrogens (tertiary/aromatic N) is 2. The zero-order valence-corrected chi connectivity index (χ0v) is 12.2. The smallest absolute Gasteiger partial charge is 0.255 e. The Labute approximate surface area is 116 Å². The standard InChI is InChI=1S/C12H20F2N4S/c1-4-15-12(16-5-10(13)14)17-6-11-18-9(7-19-11)8(2)3/h7-8,10H,4-6H2,1-3H3,(H2,15,16,17). The molecule has 108 valence electrons. The topological polar surface area (TPSA) is 49.3 Å². The van der Waals surface area contributed by atoms with Gasteiger partial charge >= 0.3 is 0 Å². The summed E-state index contributed by atoms with van der Waals surface area (Å²) in [5.74, 6) is 0.781. The summed E-state index contributed by atoms with van der Waals surface area (Å²) in [5, 5.41) is 8.40. The number of hydrogen-bond donors (Lipinski definition) is 2. The van der Waals surface area contributed by atoms with Gasteiger partial charge in [0.1, 0.15) is 5.01 Å². The maximum absolute atomic E-state index is 12.1. The molecule has 0 aliphatic carbocycles. The molecule has 0 saturated carbocycles. The first-order valence-corrected chi connectivity index (χ1v) is 7.15. The lowest BCUT2D eigenvalue weighted by Gasteiger charge is -2.10. The molecule has 1 rings (SSSR count). The van der Waals surface area contributed by atoms with E-state index in [4.69, 9.17) is 0 Å². The molecule has 2 N–H and O–H groups in total. The number of hydrogen-bond acceptors (Lipinski definition) is 3. The molecule has 0 radical (unpaired) electrons. The largest absolute Gasteiger partial charge is 0.357 e. The highest BCUT2D eigenvalue weighted by molar-refractivity contribution is 7.09. The van der Waals surface area contributed by atoms with Crippen molar-refractivity contribution in [1.29, 1.82) is 0 Å². The van der Waals surface area contributed by atoms with E-state index in [9.17, 15) is 8.78 Å². The molecule has 0 fully saturated rings. The van der Waals surface area contributed by atoms with Gasteiger partial charge in [0, 0.05) is 11.9 Å². The minimum atomic E-state index is -2.39. The van der Waals surface area contributed by atoms with E-state index < -0.39 is 13.0 Å². The van der Waals surface area contributed by atoms with Crippen LogP contribution in [0.15, 0.2) is 10.4 Å². The van der Waals surface area contributed by atoms with E-state index in [-0.39, 0.29) is 0 Å². The summed E-state index contributed by atoms with van der Waals surface area (Å²) in [5.41, 5.74) is 1.04. The fourth-order valence-corrected chi connectivity index (χ4v) is 2.20. The van der Waals surface area contributed by atoms with E-state index in [1.807, 2.05) is 12.3 Å². The van der Waals surface area contributed by atoms with Gasteiger partial charge in [-0.3, -0.25) is 0 Å². The highest BCUT2D eigenvalue weighted by atomic mass is 32.1. The summed E-state index contributed by atoms with van der Waals surface area (Å²) in [6, 6.07) is 0. The van der Waals surface area contributed by atoms with Crippen molar-refractivity contribution >= 4 is 17.3 Å². The van der Waals surface area contributed by atoms with Gasteiger partial charge in [-0.1, -0.05) is 13.8 Å². The number of nitrogens with one attached hydrogen (secondary N) is 2. The summed E-state index contributed by atoms with van der Waals surface area (Å²) in [6.07, 6.45) is -2.39. The SMILES string of the molecule is CCNC(=NCc1nc(C(C)C)cs1)NCC(F)F. The molecule has 7 heteroatoms. The number of aromatic nitrogens is 1. The summed E-state index contributed by atoms with van der Waals surface area (Å²) in [4.78, 5) is 8.68. The first kappa shape index (κ1) is 15.8. The third-order valence-corrected chi connectivity index (χ3v) is 3.15. The third kappa shape index (κ3) is 5.96. The fraction of sp³-hybridized carbons (Fsp3) is 0.667. The molecule has 19 heavy (non-hydrogen) atoms. The molecule has 0 bridgehead atoms. The number of alkyl halides is 2. The molecule has 0 aliphatic rings. The van der Waals surface area contributed by atoms with Crippen LogP contribution in [-0.2, 0) is 6.54 Å². The van der Waals surface area contributed by atoms with Gasteiger partial charge in [0.05, 0.1) is 18.8 Å². The maximum atomic E-state index is 12.1. The number of halogens is 2. The highest BCUT2D eigenvalue weighted by Gasteiger charge is 2.07. The Morgan fingerprint density at radius 2 is 2.16 bits per heavy atom. The van der Waals surface area contributed by atoms with Crippen molar-refractivity contribution in [2.24, 2.45) is 4.99 Å². The van der Waals surface area contributed by atoms with Gasteiger partial charge in [0.15, 0.2) is 5.96 Å². The van der Waals surface area contributed by atoms with Gasteiger partial charge in [-0.15, -0.1) is 11.3 Å². The number of guanidine groups is 1. The predicted molar refractivity (Wildman–Crippen MR) is 75.0 cm³/mol. The molecule has 0 aromatic carbocycles. The lowest BCUT2D eigenvalue weighted by Crippen LogP contribution is -2.39. The number of aliphatic imine (C=N–C) groups is 1. The van der Waals surface area contributed by atoms with Crippen LogP contribution in [0.2, 0.25) is 0 Å². The van der Waals surface area contributed by atoms with Gasteiger partial charge < -0.3 is 10.6 Å². The summed E-state index contributed by atoms with van der Waals surface area (Å²) < 4.78 is 24.3. The van der Waals surface area contributed by atoms with E-state index in [1.54, 1.807) is 11.3 Å². The van der Waals surface area contributed by atoms with E-state index >= 15 is 0 Å². The monoisotopic (exact) mass is 290 g/mol. The van der Waals surface area contributed by atoms with Crippen LogP contribution in [0.3, 0.4) is 0 Å². The van der Waals surface area contributed by atoms with Crippen LogP contribution in [-0.4, -0.2) is 30.5 Å². The fourth-order valence-electron chi connectivity index (χ4n) is 1.33. The first-order valence-electron chi connectivity index (χ1n) is 6.27. The Kier molecular flexibility index (Phi) is 6.69. The molecule has 0 amide bonds. The third-order valence-electron chi connectivity index (χ3n) is 2.30. The molecule has 1 heterocycles. The van der Waals surface area contributed by atoms with Crippen molar-refractivity contribution in [1.82, 2.24) is 15.6 Å². The average molecular weight is 290 g/mol. The van der Waals surface area contributed by atoms with Crippen molar-refractivity contribution in [3.63, 3.8) is 0 Å². The Balaban J connectivity index is 2.57. The molecular weight excluding hydrogens is 270 g/mol. The first-order chi connectivity index (χ1) is 9.02. The van der Waals surface area contributed by atoms with Crippen molar-refractivity contribution in [2.75, 3.05) is 13.1 Å². The molecule has 4 nitrogen and oxygen atoms in total. The number of rotatable bonds is 6. The minimum Gasteiger partial charge on any atom is -0.357 e. The quantitative estimate of drug-likeness (QED) is 0.625. The number of thiazole rings is 1. The van der Waals surface area contributed by atoms with Crippen LogP contribution in [0.5, 0.6) is 0 Å². The summed E-state index contributed by atoms with van der Waals surface area (Å²) in [6.45, 7) is 6.67. The molecule has 0 unspecified atom stereocenters. The van der Waals surface area contributed by atoms with Gasteiger partial charge in [0.25, 0.3) is 6.43 Å². The van der Waals surface area contributed by atoms with Crippen LogP contribution >= 0.6 is 11.3 Å². The zero-order valence-electron chi connectivity index (χ0n) is 11.4. The van der Waals surface area contributed by atoms with E-state index in [0.29, 0.717) is 25.0 Å². The van der Waals surface area contributed by atoms with Crippen molar-refractivity contribution in [2.45, 2.75) is 39.7 Å². The van der Waals surface area contributed by atoms with Crippen LogP contribution in [0, 0.1) is 0 Å². The molecule has 0 saturated heterocycles. The van der Waals surface area contributed by atoms with Gasteiger partial charge in [-0.2, -0.15) is 0 Å². The van der Waals surface area contributed by atoms with Crippen LogP contribution in [0.1, 0.15) is 37.4 Å². The van der Waals surface area contributed by atoms with Gasteiger partial charge in [-0.25, -0.2) is 18.8 Å². The molecule has 1 aromatic rings. The van der Waals surface area contributed by atoms with Crippen LogP contribution in [0.25, 0.3) is 0 Å². The average Bonchev–Trinajstić information content (AvgIpc) is 2.81. The molecule has 0 spiro atoms. The van der Waals surface area contributed by atoms with Gasteiger partial charge in [0.2, 0.25) is 0 Å². The lowest BCUT2D eigenvalue weighted by molar-refractivity contribution is 0.152. The highest BCUT2D eigenvalue weighted by Crippen LogP contribution is 2.18. The van der Waals surface area contributed by atoms with Crippen molar-refractivity contribution in [3.05, 3.63) is 16.1 Å². The Hall–Kier alpha value is -1.24. The zero-order chi connectivity index (χ0) is 14.3. The van der Waals surface area contributed by atoms with Crippen LogP contribution in [0.4, 0.5) is 8.78 Å². The maximum Gasteiger partial charge on any atom is 0.255 e. The Morgan fingerprint density at radius 3 is 2.68 bits per heavy atom. The van der Waals surface area contributed by atoms with E-state index in [0.717, 1.165) is 10.7 Å². The van der Waals surface area contributed by atoms with Crippen molar-refractivity contribution < 1.29 is 8.78 Å². The second-order valence-electron chi connectivity index (χ2n) is 4.29. The summed E-state index contributed by atoms with van der Waals surface area (Å²) in [7, 11) is 0. The molecule has 0 atom stereocenters. The van der Waals surface area contributed by atoms with Crippen LogP contribution < -0.4 is 10.6 Å².